The van der Waals surface area contributed by atoms with E-state index in [1.54, 1.807) is 0 Å². The molecule has 0 radical (unpaired) electrons. The van der Waals surface area contributed by atoms with Gasteiger partial charge in [-0.3, -0.25) is 4.99 Å². The summed E-state index contributed by atoms with van der Waals surface area (Å²) in [5.41, 5.74) is 4.11. The standard InChI is InChI=1S/C16H22N2/c1-3-14-10-16(13-18(4-2)12-14)17-11-15-8-6-5-7-9-15/h5-9,12H,3-4,10-11,13H2,1-2H3. The molecule has 2 nitrogen and oxygen atoms in total. The van der Waals surface area contributed by atoms with E-state index in [2.05, 4.69) is 49.2 Å². The van der Waals surface area contributed by atoms with E-state index < -0.39 is 0 Å². The Morgan fingerprint density at radius 1 is 1.17 bits per heavy atom. The summed E-state index contributed by atoms with van der Waals surface area (Å²) in [6.45, 7) is 7.29. The van der Waals surface area contributed by atoms with Gasteiger partial charge >= 0.3 is 0 Å². The summed E-state index contributed by atoms with van der Waals surface area (Å²) in [6.07, 6.45) is 4.49. The quantitative estimate of drug-likeness (QED) is 0.787. The Morgan fingerprint density at radius 3 is 2.61 bits per heavy atom. The van der Waals surface area contributed by atoms with Gasteiger partial charge in [0, 0.05) is 18.7 Å². The summed E-state index contributed by atoms with van der Waals surface area (Å²) in [5.74, 6) is 0. The number of benzene rings is 1. The van der Waals surface area contributed by atoms with Gasteiger partial charge in [-0.1, -0.05) is 37.3 Å². The highest BCUT2D eigenvalue weighted by molar-refractivity contribution is 5.89. The van der Waals surface area contributed by atoms with Crippen LogP contribution in [0, 0.1) is 0 Å². The molecule has 0 unspecified atom stereocenters. The number of hydrogen-bond acceptors (Lipinski definition) is 2. The Hall–Kier alpha value is -1.57. The van der Waals surface area contributed by atoms with Gasteiger partial charge in [0.15, 0.2) is 0 Å². The highest BCUT2D eigenvalue weighted by Crippen LogP contribution is 2.16. The van der Waals surface area contributed by atoms with Crippen LogP contribution in [0.15, 0.2) is 47.1 Å². The topological polar surface area (TPSA) is 15.6 Å². The van der Waals surface area contributed by atoms with Crippen LogP contribution in [0.5, 0.6) is 0 Å². The molecule has 0 bridgehead atoms. The normalized spacial score (nSPS) is 18.0. The Balaban J connectivity index is 2.03. The average molecular weight is 242 g/mol. The molecule has 96 valence electrons. The van der Waals surface area contributed by atoms with Crippen molar-refractivity contribution in [2.24, 2.45) is 4.99 Å². The van der Waals surface area contributed by atoms with Crippen molar-refractivity contribution in [2.45, 2.75) is 33.2 Å². The van der Waals surface area contributed by atoms with Crippen molar-refractivity contribution in [3.8, 4) is 0 Å². The molecule has 1 aromatic rings. The molecule has 0 saturated heterocycles. The zero-order valence-electron chi connectivity index (χ0n) is 11.4. The first kappa shape index (κ1) is 12.9. The summed E-state index contributed by atoms with van der Waals surface area (Å²) in [4.78, 5) is 7.14. The fourth-order valence-electron chi connectivity index (χ4n) is 2.21. The van der Waals surface area contributed by atoms with Crippen LogP contribution in [0.1, 0.15) is 32.3 Å². The minimum Gasteiger partial charge on any atom is -0.372 e. The number of hydrogen-bond donors (Lipinski definition) is 0. The van der Waals surface area contributed by atoms with Gasteiger partial charge in [0.05, 0.1) is 13.1 Å². The third-order valence-electron chi connectivity index (χ3n) is 3.37. The van der Waals surface area contributed by atoms with Crippen molar-refractivity contribution in [1.82, 2.24) is 4.90 Å². The minimum atomic E-state index is 0.810. The Labute approximate surface area is 110 Å². The van der Waals surface area contributed by atoms with E-state index in [1.165, 1.54) is 16.8 Å². The van der Waals surface area contributed by atoms with Crippen LogP contribution < -0.4 is 0 Å². The van der Waals surface area contributed by atoms with Gasteiger partial charge in [0.2, 0.25) is 0 Å². The van der Waals surface area contributed by atoms with Crippen LogP contribution in [0.25, 0.3) is 0 Å². The van der Waals surface area contributed by atoms with Gasteiger partial charge in [-0.05, 0) is 30.7 Å². The molecule has 2 heteroatoms. The van der Waals surface area contributed by atoms with Crippen LogP contribution in [0.3, 0.4) is 0 Å². The average Bonchev–Trinajstić information content (AvgIpc) is 2.45. The van der Waals surface area contributed by atoms with Crippen molar-refractivity contribution < 1.29 is 0 Å². The van der Waals surface area contributed by atoms with E-state index in [9.17, 15) is 0 Å². The first-order valence-electron chi connectivity index (χ1n) is 6.81. The molecule has 0 spiro atoms. The maximum Gasteiger partial charge on any atom is 0.0640 e. The Morgan fingerprint density at radius 2 is 1.94 bits per heavy atom. The second-order valence-electron chi connectivity index (χ2n) is 4.75. The number of aliphatic imine (C=N–C) groups is 1. The largest absolute Gasteiger partial charge is 0.372 e. The maximum absolute atomic E-state index is 4.78. The predicted octanol–water partition coefficient (Wildman–Crippen LogP) is 3.65. The molecule has 0 amide bonds. The predicted molar refractivity (Wildman–Crippen MR) is 77.8 cm³/mol. The molecule has 1 aliphatic rings. The minimum absolute atomic E-state index is 0.810. The van der Waals surface area contributed by atoms with E-state index in [0.717, 1.165) is 32.5 Å². The lowest BCUT2D eigenvalue weighted by Gasteiger charge is -2.26. The van der Waals surface area contributed by atoms with Gasteiger partial charge in [-0.2, -0.15) is 0 Å². The summed E-state index contributed by atoms with van der Waals surface area (Å²) in [6, 6.07) is 10.5. The van der Waals surface area contributed by atoms with Crippen LogP contribution in [0.2, 0.25) is 0 Å². The molecule has 1 aromatic carbocycles. The summed E-state index contributed by atoms with van der Waals surface area (Å²) in [5, 5.41) is 0. The van der Waals surface area contributed by atoms with Gasteiger partial charge in [0.1, 0.15) is 0 Å². The lowest BCUT2D eigenvalue weighted by atomic mass is 10.0. The Bertz CT molecular complexity index is 432. The van der Waals surface area contributed by atoms with E-state index in [0.29, 0.717) is 0 Å². The zero-order valence-corrected chi connectivity index (χ0v) is 11.4. The first-order valence-corrected chi connectivity index (χ1v) is 6.81. The molecule has 0 saturated carbocycles. The second-order valence-corrected chi connectivity index (χ2v) is 4.75. The van der Waals surface area contributed by atoms with Gasteiger partial charge in [-0.25, -0.2) is 0 Å². The van der Waals surface area contributed by atoms with Gasteiger partial charge < -0.3 is 4.90 Å². The third-order valence-corrected chi connectivity index (χ3v) is 3.37. The maximum atomic E-state index is 4.78. The number of rotatable bonds is 4. The fourth-order valence-corrected chi connectivity index (χ4v) is 2.21. The van der Waals surface area contributed by atoms with Crippen LogP contribution in [-0.4, -0.2) is 23.7 Å². The molecule has 0 fully saturated rings. The van der Waals surface area contributed by atoms with Gasteiger partial charge in [-0.15, -0.1) is 0 Å². The summed E-state index contributed by atoms with van der Waals surface area (Å²) in [7, 11) is 0. The molecule has 0 aliphatic carbocycles. The second kappa shape index (κ2) is 6.39. The van der Waals surface area contributed by atoms with E-state index >= 15 is 0 Å². The zero-order chi connectivity index (χ0) is 12.8. The van der Waals surface area contributed by atoms with Crippen molar-refractivity contribution in [3.63, 3.8) is 0 Å². The number of allylic oxidation sites excluding steroid dienone is 1. The van der Waals surface area contributed by atoms with E-state index in [4.69, 9.17) is 4.99 Å². The monoisotopic (exact) mass is 242 g/mol. The lowest BCUT2D eigenvalue weighted by molar-refractivity contribution is 0.434. The lowest BCUT2D eigenvalue weighted by Crippen LogP contribution is -2.29. The summed E-state index contributed by atoms with van der Waals surface area (Å²) >= 11 is 0. The highest BCUT2D eigenvalue weighted by atomic mass is 15.1. The summed E-state index contributed by atoms with van der Waals surface area (Å²) < 4.78 is 0. The SMILES string of the molecule is CCC1=CN(CC)CC(=NCc2ccccc2)C1. The van der Waals surface area contributed by atoms with Crippen LogP contribution in [0.4, 0.5) is 0 Å². The molecule has 18 heavy (non-hydrogen) atoms. The van der Waals surface area contributed by atoms with Crippen LogP contribution >= 0.6 is 0 Å². The molecule has 0 atom stereocenters. The molecule has 1 heterocycles. The van der Waals surface area contributed by atoms with Crippen molar-refractivity contribution in [3.05, 3.63) is 47.7 Å². The smallest absolute Gasteiger partial charge is 0.0640 e. The molecule has 2 rings (SSSR count). The van der Waals surface area contributed by atoms with Crippen molar-refractivity contribution in [1.29, 1.82) is 0 Å². The van der Waals surface area contributed by atoms with E-state index in [1.807, 2.05) is 6.07 Å². The van der Waals surface area contributed by atoms with Crippen molar-refractivity contribution in [2.75, 3.05) is 13.1 Å². The molecular formula is C16H22N2. The Kier molecular flexibility index (Phi) is 4.57. The van der Waals surface area contributed by atoms with E-state index in [-0.39, 0.29) is 0 Å². The fraction of sp³-hybridized carbons (Fsp3) is 0.438. The first-order chi connectivity index (χ1) is 8.81. The van der Waals surface area contributed by atoms with Crippen LogP contribution in [-0.2, 0) is 6.54 Å². The molecular weight excluding hydrogens is 220 g/mol. The molecule has 0 aromatic heterocycles. The third kappa shape index (κ3) is 3.46. The number of nitrogens with zero attached hydrogens (tertiary/aromatic N) is 2. The molecule has 1 aliphatic heterocycles. The van der Waals surface area contributed by atoms with Gasteiger partial charge in [0.25, 0.3) is 0 Å². The highest BCUT2D eigenvalue weighted by Gasteiger charge is 2.13. The van der Waals surface area contributed by atoms with Crippen molar-refractivity contribution >= 4 is 5.71 Å². The molecule has 0 N–H and O–H groups in total.